The van der Waals surface area contributed by atoms with Gasteiger partial charge in [0.1, 0.15) is 0 Å². The zero-order valence-electron chi connectivity index (χ0n) is 13.0. The van der Waals surface area contributed by atoms with Gasteiger partial charge in [-0.25, -0.2) is 0 Å². The first kappa shape index (κ1) is 16.2. The lowest BCUT2D eigenvalue weighted by molar-refractivity contribution is 0.0638. The summed E-state index contributed by atoms with van der Waals surface area (Å²) in [6.07, 6.45) is 7.81. The van der Waals surface area contributed by atoms with E-state index in [4.69, 9.17) is 9.47 Å². The van der Waals surface area contributed by atoms with Crippen LogP contribution in [-0.4, -0.2) is 75.5 Å². The Bertz CT molecular complexity index is 197. The van der Waals surface area contributed by atoms with Crippen molar-refractivity contribution in [3.63, 3.8) is 0 Å². The van der Waals surface area contributed by atoms with Gasteiger partial charge in [-0.1, -0.05) is 6.42 Å². The van der Waals surface area contributed by atoms with Crippen molar-refractivity contribution in [3.8, 4) is 0 Å². The van der Waals surface area contributed by atoms with Crippen LogP contribution >= 0.6 is 0 Å². The first-order valence-corrected chi connectivity index (χ1v) is 8.55. The second-order valence-electron chi connectivity index (χ2n) is 6.03. The molecule has 2 atom stereocenters. The SMILES string of the molecule is C1CCOCCN2CCCCCN(CC1)CCOCC2. The molecule has 3 aliphatic heterocycles. The van der Waals surface area contributed by atoms with Crippen LogP contribution in [0, 0.1) is 0 Å². The van der Waals surface area contributed by atoms with E-state index in [0.717, 1.165) is 46.1 Å². The molecule has 0 N–H and O–H groups in total. The third-order valence-corrected chi connectivity index (χ3v) is 4.37. The Labute approximate surface area is 124 Å². The molecule has 20 heavy (non-hydrogen) atoms. The van der Waals surface area contributed by atoms with Gasteiger partial charge in [-0.05, 0) is 51.7 Å². The van der Waals surface area contributed by atoms with Crippen molar-refractivity contribution in [2.24, 2.45) is 0 Å². The highest BCUT2D eigenvalue weighted by atomic mass is 16.5. The Kier molecular flexibility index (Phi) is 8.55. The molecule has 3 fully saturated rings. The highest BCUT2D eigenvalue weighted by Crippen LogP contribution is 2.06. The van der Waals surface area contributed by atoms with Crippen LogP contribution in [0.5, 0.6) is 0 Å². The predicted octanol–water partition coefficient (Wildman–Crippen LogP) is 1.99. The fraction of sp³-hybridized carbons (Fsp3) is 1.00. The average molecular weight is 284 g/mol. The van der Waals surface area contributed by atoms with Gasteiger partial charge in [-0.2, -0.15) is 0 Å². The molecular weight excluding hydrogens is 252 g/mol. The summed E-state index contributed by atoms with van der Waals surface area (Å²) in [7, 11) is 0. The van der Waals surface area contributed by atoms with Crippen LogP contribution in [0.3, 0.4) is 0 Å². The quantitative estimate of drug-likeness (QED) is 0.679. The summed E-state index contributed by atoms with van der Waals surface area (Å²) in [5.41, 5.74) is 0. The minimum atomic E-state index is 0.869. The predicted molar refractivity (Wildman–Crippen MR) is 82.2 cm³/mol. The minimum absolute atomic E-state index is 0.869. The molecule has 0 radical (unpaired) electrons. The lowest BCUT2D eigenvalue weighted by atomic mass is 10.2. The first-order valence-electron chi connectivity index (χ1n) is 8.55. The molecule has 0 amide bonds. The van der Waals surface area contributed by atoms with Crippen molar-refractivity contribution in [3.05, 3.63) is 0 Å². The van der Waals surface area contributed by atoms with Crippen LogP contribution in [0.15, 0.2) is 0 Å². The number of fused-ring (bicyclic) bond motifs is 15. The smallest absolute Gasteiger partial charge is 0.0594 e. The van der Waals surface area contributed by atoms with Crippen molar-refractivity contribution in [1.82, 2.24) is 9.80 Å². The summed E-state index contributed by atoms with van der Waals surface area (Å²) >= 11 is 0. The second kappa shape index (κ2) is 10.6. The van der Waals surface area contributed by atoms with Crippen LogP contribution in [-0.2, 0) is 9.47 Å². The Morgan fingerprint density at radius 2 is 0.850 bits per heavy atom. The number of ether oxygens (including phenoxy) is 2. The molecule has 3 rings (SSSR count). The van der Waals surface area contributed by atoms with E-state index < -0.39 is 0 Å². The average Bonchev–Trinajstić information content (AvgIpc) is 2.46. The largest absolute Gasteiger partial charge is 0.380 e. The van der Waals surface area contributed by atoms with Gasteiger partial charge in [0, 0.05) is 26.2 Å². The fourth-order valence-corrected chi connectivity index (χ4v) is 3.02. The number of rotatable bonds is 0. The molecule has 0 aromatic rings. The third-order valence-electron chi connectivity index (χ3n) is 4.37. The van der Waals surface area contributed by atoms with Crippen LogP contribution in [0.1, 0.15) is 38.5 Å². The van der Waals surface area contributed by atoms with Gasteiger partial charge in [0.25, 0.3) is 0 Å². The number of nitrogens with zero attached hydrogens (tertiary/aromatic N) is 2. The van der Waals surface area contributed by atoms with Crippen LogP contribution in [0.4, 0.5) is 0 Å². The first-order chi connectivity index (χ1) is 9.95. The van der Waals surface area contributed by atoms with E-state index >= 15 is 0 Å². The van der Waals surface area contributed by atoms with Gasteiger partial charge in [-0.15, -0.1) is 0 Å². The Morgan fingerprint density at radius 3 is 1.45 bits per heavy atom. The molecule has 0 aliphatic carbocycles. The van der Waals surface area contributed by atoms with Crippen LogP contribution < -0.4 is 0 Å². The van der Waals surface area contributed by atoms with Gasteiger partial charge >= 0.3 is 0 Å². The number of hydrogen-bond donors (Lipinski definition) is 0. The molecule has 2 unspecified atom stereocenters. The van der Waals surface area contributed by atoms with Crippen LogP contribution in [0.2, 0.25) is 0 Å². The van der Waals surface area contributed by atoms with E-state index in [1.807, 2.05) is 0 Å². The van der Waals surface area contributed by atoms with Crippen molar-refractivity contribution < 1.29 is 9.47 Å². The molecule has 0 spiro atoms. The molecule has 3 heterocycles. The van der Waals surface area contributed by atoms with E-state index in [1.165, 1.54) is 58.2 Å². The van der Waals surface area contributed by atoms with E-state index in [1.54, 1.807) is 0 Å². The van der Waals surface area contributed by atoms with Gasteiger partial charge in [0.15, 0.2) is 0 Å². The van der Waals surface area contributed by atoms with Crippen LogP contribution in [0.25, 0.3) is 0 Å². The van der Waals surface area contributed by atoms with Crippen molar-refractivity contribution in [2.45, 2.75) is 38.5 Å². The Balaban J connectivity index is 1.88. The topological polar surface area (TPSA) is 24.9 Å². The van der Waals surface area contributed by atoms with E-state index in [9.17, 15) is 0 Å². The molecule has 4 heteroatoms. The summed E-state index contributed by atoms with van der Waals surface area (Å²) in [5, 5.41) is 0. The molecule has 118 valence electrons. The zero-order chi connectivity index (χ0) is 13.9. The summed E-state index contributed by atoms with van der Waals surface area (Å²) in [6, 6.07) is 0. The molecular formula is C16H32N2O2. The normalized spacial score (nSPS) is 32.4. The lowest BCUT2D eigenvalue weighted by Gasteiger charge is -2.25. The van der Waals surface area contributed by atoms with Gasteiger partial charge in [0.05, 0.1) is 19.8 Å². The summed E-state index contributed by atoms with van der Waals surface area (Å²) in [6.45, 7) is 10.5. The molecule has 0 aromatic heterocycles. The standard InChI is InChI=1S/C16H32N2O2/c1-3-7-17-8-5-2-6-13-19-14-11-18(9-4-1)12-16-20-15-10-17/h1-16H2. The van der Waals surface area contributed by atoms with Gasteiger partial charge < -0.3 is 14.4 Å². The lowest BCUT2D eigenvalue weighted by Crippen LogP contribution is -2.34. The minimum Gasteiger partial charge on any atom is -0.380 e. The Morgan fingerprint density at radius 1 is 0.400 bits per heavy atom. The molecule has 3 saturated heterocycles. The van der Waals surface area contributed by atoms with Crippen molar-refractivity contribution in [1.29, 1.82) is 0 Å². The van der Waals surface area contributed by atoms with E-state index in [-0.39, 0.29) is 0 Å². The van der Waals surface area contributed by atoms with E-state index in [2.05, 4.69) is 9.80 Å². The van der Waals surface area contributed by atoms with Gasteiger partial charge in [0.2, 0.25) is 0 Å². The summed E-state index contributed by atoms with van der Waals surface area (Å²) in [4.78, 5) is 5.11. The molecule has 4 nitrogen and oxygen atoms in total. The fourth-order valence-electron chi connectivity index (χ4n) is 3.02. The van der Waals surface area contributed by atoms with Crippen molar-refractivity contribution in [2.75, 3.05) is 65.7 Å². The monoisotopic (exact) mass is 284 g/mol. The molecule has 3 aliphatic rings. The maximum absolute atomic E-state index is 5.82. The maximum Gasteiger partial charge on any atom is 0.0594 e. The Hall–Kier alpha value is -0.160. The summed E-state index contributed by atoms with van der Waals surface area (Å²) in [5.74, 6) is 0. The third kappa shape index (κ3) is 7.02. The number of hydrogen-bond acceptors (Lipinski definition) is 4. The highest BCUT2D eigenvalue weighted by molar-refractivity contribution is 4.63. The molecule has 0 aromatic carbocycles. The van der Waals surface area contributed by atoms with Gasteiger partial charge in [-0.3, -0.25) is 4.90 Å². The zero-order valence-corrected chi connectivity index (χ0v) is 13.0. The highest BCUT2D eigenvalue weighted by Gasteiger charge is 2.10. The van der Waals surface area contributed by atoms with E-state index in [0.29, 0.717) is 0 Å². The van der Waals surface area contributed by atoms with Crippen molar-refractivity contribution >= 4 is 0 Å². The second-order valence-corrected chi connectivity index (χ2v) is 6.03. The molecule has 2 bridgehead atoms. The maximum atomic E-state index is 5.82. The molecule has 0 saturated carbocycles. The summed E-state index contributed by atoms with van der Waals surface area (Å²) < 4.78 is 11.6.